The number of H-pyrrole nitrogens is 1. The van der Waals surface area contributed by atoms with Gasteiger partial charge in [-0.05, 0) is 47.2 Å². The fraction of sp³-hybridized carbons (Fsp3) is 0.200. The molecule has 0 spiro atoms. The number of aryl methyl sites for hydroxylation is 3. The highest BCUT2D eigenvalue weighted by Gasteiger charge is 2.27. The molecule has 42 heavy (non-hydrogen) atoms. The van der Waals surface area contributed by atoms with Crippen molar-refractivity contribution in [3.05, 3.63) is 149 Å². The number of rotatable bonds is 11. The van der Waals surface area contributed by atoms with E-state index in [1.807, 2.05) is 42.6 Å². The first-order valence-corrected chi connectivity index (χ1v) is 14.5. The second-order valence-corrected chi connectivity index (χ2v) is 10.5. The molecule has 6 rings (SSSR count). The zero-order valence-electron chi connectivity index (χ0n) is 23.7. The molecule has 2 N–H and O–H groups in total. The third-order valence-corrected chi connectivity index (χ3v) is 7.69. The standard InChI is InChI=1S/C35H34N6O/c1-2-25-14-16-27(17-15-25)24-41-32(19-18-26-9-4-3-5-10-26)39-40-35(41)34(30-23-37-31-13-7-6-12-29(30)31)38-33(42)21-28-11-8-20-36-22-28/h3-17,20,22-23,34,37H,2,18-19,21,24H2,1H3,(H,38,42)/t34-/m1/s1. The van der Waals surface area contributed by atoms with Gasteiger partial charge in [0.2, 0.25) is 5.91 Å². The molecule has 0 saturated carbocycles. The number of carbonyl (C=O) groups is 1. The minimum Gasteiger partial charge on any atom is -0.361 e. The van der Waals surface area contributed by atoms with Crippen molar-refractivity contribution in [1.82, 2.24) is 30.0 Å². The molecule has 1 atom stereocenters. The molecule has 3 heterocycles. The number of benzene rings is 3. The van der Waals surface area contributed by atoms with Crippen LogP contribution < -0.4 is 5.32 Å². The van der Waals surface area contributed by atoms with Gasteiger partial charge in [-0.1, -0.05) is 85.8 Å². The first-order valence-electron chi connectivity index (χ1n) is 14.5. The zero-order chi connectivity index (χ0) is 28.7. The Bertz CT molecular complexity index is 1760. The third kappa shape index (κ3) is 6.15. The van der Waals surface area contributed by atoms with Gasteiger partial charge in [0.25, 0.3) is 0 Å². The Balaban J connectivity index is 1.40. The van der Waals surface area contributed by atoms with Crippen LogP contribution in [0.1, 0.15) is 52.4 Å². The number of aromatic amines is 1. The highest BCUT2D eigenvalue weighted by molar-refractivity contribution is 5.85. The van der Waals surface area contributed by atoms with E-state index < -0.39 is 6.04 Å². The molecule has 7 heteroatoms. The maximum Gasteiger partial charge on any atom is 0.225 e. The molecule has 3 aromatic carbocycles. The second kappa shape index (κ2) is 12.6. The summed E-state index contributed by atoms with van der Waals surface area (Å²) in [7, 11) is 0. The van der Waals surface area contributed by atoms with Crippen LogP contribution in [0.3, 0.4) is 0 Å². The summed E-state index contributed by atoms with van der Waals surface area (Å²) in [4.78, 5) is 21.0. The van der Waals surface area contributed by atoms with Crippen molar-refractivity contribution >= 4 is 16.8 Å². The average molecular weight is 555 g/mol. The molecule has 210 valence electrons. The summed E-state index contributed by atoms with van der Waals surface area (Å²) in [6.45, 7) is 2.77. The largest absolute Gasteiger partial charge is 0.361 e. The van der Waals surface area contributed by atoms with Gasteiger partial charge in [0.15, 0.2) is 5.82 Å². The lowest BCUT2D eigenvalue weighted by Gasteiger charge is -2.20. The number of carbonyl (C=O) groups excluding carboxylic acids is 1. The highest BCUT2D eigenvalue weighted by atomic mass is 16.1. The topological polar surface area (TPSA) is 88.5 Å². The Kier molecular flexibility index (Phi) is 8.17. The van der Waals surface area contributed by atoms with Crippen molar-refractivity contribution in [2.75, 3.05) is 0 Å². The van der Waals surface area contributed by atoms with E-state index in [0.717, 1.165) is 52.7 Å². The summed E-state index contributed by atoms with van der Waals surface area (Å²) in [5.41, 5.74) is 6.52. The molecule has 6 aromatic rings. The smallest absolute Gasteiger partial charge is 0.225 e. The van der Waals surface area contributed by atoms with Crippen LogP contribution in [0.15, 0.2) is 110 Å². The van der Waals surface area contributed by atoms with Gasteiger partial charge in [-0.3, -0.25) is 9.78 Å². The fourth-order valence-electron chi connectivity index (χ4n) is 5.40. The molecule has 0 unspecified atom stereocenters. The SMILES string of the molecule is CCc1ccc(Cn2c(CCc3ccccc3)nnc2[C@H](NC(=O)Cc2cccnc2)c2c[nH]c3ccccc23)cc1. The Hall–Kier alpha value is -5.04. The maximum atomic E-state index is 13.5. The van der Waals surface area contributed by atoms with Crippen LogP contribution in [-0.2, 0) is 37.0 Å². The van der Waals surface area contributed by atoms with E-state index in [2.05, 4.69) is 81.4 Å². The highest BCUT2D eigenvalue weighted by Crippen LogP contribution is 2.29. The summed E-state index contributed by atoms with van der Waals surface area (Å²) >= 11 is 0. The van der Waals surface area contributed by atoms with Crippen molar-refractivity contribution < 1.29 is 4.79 Å². The van der Waals surface area contributed by atoms with Gasteiger partial charge in [-0.25, -0.2) is 0 Å². The van der Waals surface area contributed by atoms with E-state index in [9.17, 15) is 4.79 Å². The Labute approximate surface area is 245 Å². The summed E-state index contributed by atoms with van der Waals surface area (Å²) < 4.78 is 2.18. The molecule has 0 aliphatic heterocycles. The number of hydrogen-bond donors (Lipinski definition) is 2. The molecule has 0 aliphatic rings. The molecule has 0 saturated heterocycles. The number of aromatic nitrogens is 5. The third-order valence-electron chi connectivity index (χ3n) is 7.69. The predicted molar refractivity (Wildman–Crippen MR) is 165 cm³/mol. The molecular weight excluding hydrogens is 520 g/mol. The molecule has 7 nitrogen and oxygen atoms in total. The van der Waals surface area contributed by atoms with Crippen LogP contribution in [-0.4, -0.2) is 30.6 Å². The molecule has 0 aliphatic carbocycles. The zero-order valence-corrected chi connectivity index (χ0v) is 23.7. The van der Waals surface area contributed by atoms with Crippen LogP contribution in [0.2, 0.25) is 0 Å². The van der Waals surface area contributed by atoms with Crippen LogP contribution in [0.5, 0.6) is 0 Å². The molecular formula is C35H34N6O. The number of nitrogens with zero attached hydrogens (tertiary/aromatic N) is 4. The van der Waals surface area contributed by atoms with Gasteiger partial charge >= 0.3 is 0 Å². The van der Waals surface area contributed by atoms with Crippen molar-refractivity contribution in [2.45, 2.75) is 45.2 Å². The van der Waals surface area contributed by atoms with Crippen molar-refractivity contribution in [1.29, 1.82) is 0 Å². The minimum atomic E-state index is -0.502. The van der Waals surface area contributed by atoms with Crippen LogP contribution >= 0.6 is 0 Å². The Morgan fingerprint density at radius 3 is 2.38 bits per heavy atom. The molecule has 1 amide bonds. The van der Waals surface area contributed by atoms with Crippen LogP contribution in [0, 0.1) is 0 Å². The van der Waals surface area contributed by atoms with Gasteiger partial charge in [0.05, 0.1) is 13.0 Å². The number of para-hydroxylation sites is 1. The average Bonchev–Trinajstić information content (AvgIpc) is 3.64. The molecule has 0 fully saturated rings. The first-order chi connectivity index (χ1) is 20.7. The van der Waals surface area contributed by atoms with E-state index in [1.54, 1.807) is 12.4 Å². The van der Waals surface area contributed by atoms with Crippen LogP contribution in [0.25, 0.3) is 10.9 Å². The van der Waals surface area contributed by atoms with E-state index in [-0.39, 0.29) is 12.3 Å². The number of hydrogen-bond acceptors (Lipinski definition) is 4. The van der Waals surface area contributed by atoms with Gasteiger partial charge < -0.3 is 14.9 Å². The van der Waals surface area contributed by atoms with Gasteiger partial charge in [0.1, 0.15) is 11.9 Å². The van der Waals surface area contributed by atoms with Crippen molar-refractivity contribution in [2.24, 2.45) is 0 Å². The van der Waals surface area contributed by atoms with Crippen molar-refractivity contribution in [3.8, 4) is 0 Å². The number of fused-ring (bicyclic) bond motifs is 1. The fourth-order valence-corrected chi connectivity index (χ4v) is 5.40. The minimum absolute atomic E-state index is 0.106. The number of nitrogens with one attached hydrogen (secondary N) is 2. The van der Waals surface area contributed by atoms with Gasteiger partial charge in [0, 0.05) is 41.5 Å². The maximum absolute atomic E-state index is 13.5. The summed E-state index contributed by atoms with van der Waals surface area (Å²) in [6, 6.07) is 30.5. The van der Waals surface area contributed by atoms with Gasteiger partial charge in [-0.2, -0.15) is 0 Å². The lowest BCUT2D eigenvalue weighted by molar-refractivity contribution is -0.121. The van der Waals surface area contributed by atoms with E-state index in [4.69, 9.17) is 10.2 Å². The van der Waals surface area contributed by atoms with Gasteiger partial charge in [-0.15, -0.1) is 10.2 Å². The summed E-state index contributed by atoms with van der Waals surface area (Å²) in [5.74, 6) is 1.49. The molecule has 0 radical (unpaired) electrons. The van der Waals surface area contributed by atoms with E-state index in [1.165, 1.54) is 11.1 Å². The lowest BCUT2D eigenvalue weighted by Crippen LogP contribution is -2.32. The Morgan fingerprint density at radius 1 is 0.833 bits per heavy atom. The summed E-state index contributed by atoms with van der Waals surface area (Å²) in [5, 5.41) is 13.8. The number of pyridine rings is 1. The van der Waals surface area contributed by atoms with Crippen LogP contribution in [0.4, 0.5) is 0 Å². The lowest BCUT2D eigenvalue weighted by atomic mass is 10.0. The molecule has 3 aromatic heterocycles. The quantitative estimate of drug-likeness (QED) is 0.206. The number of amides is 1. The second-order valence-electron chi connectivity index (χ2n) is 10.5. The Morgan fingerprint density at radius 2 is 1.60 bits per heavy atom. The van der Waals surface area contributed by atoms with E-state index >= 15 is 0 Å². The van der Waals surface area contributed by atoms with Crippen molar-refractivity contribution in [3.63, 3.8) is 0 Å². The normalized spacial score (nSPS) is 11.9. The summed E-state index contributed by atoms with van der Waals surface area (Å²) in [6.07, 6.45) is 8.20. The first kappa shape index (κ1) is 27.1. The predicted octanol–water partition coefficient (Wildman–Crippen LogP) is 6.00. The molecule has 0 bridgehead atoms. The van der Waals surface area contributed by atoms with E-state index in [0.29, 0.717) is 12.4 Å². The monoisotopic (exact) mass is 554 g/mol.